The van der Waals surface area contributed by atoms with Crippen LogP contribution in [0.4, 0.5) is 0 Å². The lowest BCUT2D eigenvalue weighted by Crippen LogP contribution is -2.37. The molecule has 2 nitrogen and oxygen atoms in total. The minimum Gasteiger partial charge on any atom is -0.462 e. The number of esters is 1. The summed E-state index contributed by atoms with van der Waals surface area (Å²) in [6.45, 7) is 11.2. The summed E-state index contributed by atoms with van der Waals surface area (Å²) in [7, 11) is 0. The summed E-state index contributed by atoms with van der Waals surface area (Å²) < 4.78 is 5.73. The maximum absolute atomic E-state index is 11.4. The molecule has 1 spiro atoms. The minimum atomic E-state index is -0.0976. The Hall–Kier alpha value is -0.530. The Bertz CT molecular complexity index is 400. The van der Waals surface area contributed by atoms with Gasteiger partial charge in [-0.3, -0.25) is 4.79 Å². The largest absolute Gasteiger partial charge is 0.462 e. The van der Waals surface area contributed by atoms with Crippen molar-refractivity contribution in [1.82, 2.24) is 0 Å². The van der Waals surface area contributed by atoms with Gasteiger partial charge in [-0.05, 0) is 54.3 Å². The van der Waals surface area contributed by atoms with Gasteiger partial charge in [0, 0.05) is 12.8 Å². The average Bonchev–Trinajstić information content (AvgIpc) is 2.65. The summed E-state index contributed by atoms with van der Waals surface area (Å²) in [5.41, 5.74) is 0.779. The van der Waals surface area contributed by atoms with Crippen molar-refractivity contribution in [3.05, 3.63) is 0 Å². The van der Waals surface area contributed by atoms with E-state index in [9.17, 15) is 4.79 Å². The molecule has 2 heteroatoms. The number of rotatable bonds is 1. The van der Waals surface area contributed by atoms with E-state index < -0.39 is 0 Å². The minimum absolute atomic E-state index is 0.0976. The molecule has 0 saturated heterocycles. The molecule has 0 radical (unpaired) electrons. The first-order chi connectivity index (χ1) is 8.79. The van der Waals surface area contributed by atoms with Gasteiger partial charge in [0.25, 0.3) is 0 Å². The highest BCUT2D eigenvalue weighted by atomic mass is 16.5. The SMILES string of the molecule is CC(=O)OC1C[C@@H](C)[C@]23CC[C@@H](C)[C@H](C2)C(C)(C)[C@H]13. The Morgan fingerprint density at radius 3 is 2.58 bits per heavy atom. The summed E-state index contributed by atoms with van der Waals surface area (Å²) in [6.07, 6.45) is 5.32. The van der Waals surface area contributed by atoms with Gasteiger partial charge >= 0.3 is 5.97 Å². The molecule has 1 unspecified atom stereocenters. The maximum Gasteiger partial charge on any atom is 0.302 e. The molecular weight excluding hydrogens is 236 g/mol. The quantitative estimate of drug-likeness (QED) is 0.668. The number of carbonyl (C=O) groups excluding carboxylic acids is 1. The van der Waals surface area contributed by atoms with Crippen LogP contribution in [-0.4, -0.2) is 12.1 Å². The van der Waals surface area contributed by atoms with Crippen LogP contribution in [0.1, 0.15) is 60.3 Å². The predicted molar refractivity (Wildman–Crippen MR) is 75.5 cm³/mol. The molecule has 0 N–H and O–H groups in total. The second-order valence-electron chi connectivity index (χ2n) is 8.14. The van der Waals surface area contributed by atoms with Crippen molar-refractivity contribution < 1.29 is 9.53 Å². The average molecular weight is 264 g/mol. The Morgan fingerprint density at radius 1 is 1.26 bits per heavy atom. The Balaban J connectivity index is 2.00. The molecule has 3 rings (SSSR count). The molecule has 0 aromatic carbocycles. The highest BCUT2D eigenvalue weighted by molar-refractivity contribution is 5.66. The number of hydrogen-bond donors (Lipinski definition) is 0. The summed E-state index contributed by atoms with van der Waals surface area (Å²) in [5.74, 6) is 2.83. The van der Waals surface area contributed by atoms with Gasteiger partial charge in [-0.15, -0.1) is 0 Å². The van der Waals surface area contributed by atoms with Gasteiger partial charge in [-0.25, -0.2) is 0 Å². The normalized spacial score (nSPS) is 50.9. The molecule has 0 aliphatic heterocycles. The third-order valence-electron chi connectivity index (χ3n) is 6.99. The molecule has 108 valence electrons. The van der Waals surface area contributed by atoms with Gasteiger partial charge in [0.2, 0.25) is 0 Å². The standard InChI is InChI=1S/C17H28O2/c1-10-6-7-17-9-13(10)16(4,5)15(17)14(8-11(17)2)19-12(3)18/h10-11,13-15H,6-9H2,1-5H3/t10-,11-,13+,14?,15+,17+/m1/s1. The first kappa shape index (κ1) is 13.5. The Labute approximate surface area is 117 Å². The Morgan fingerprint density at radius 2 is 1.95 bits per heavy atom. The second-order valence-corrected chi connectivity index (χ2v) is 8.14. The second kappa shape index (κ2) is 3.99. The van der Waals surface area contributed by atoms with E-state index in [-0.39, 0.29) is 12.1 Å². The molecule has 3 aliphatic rings. The van der Waals surface area contributed by atoms with E-state index in [1.165, 1.54) is 19.3 Å². The molecule has 3 saturated carbocycles. The molecular formula is C17H28O2. The zero-order chi connectivity index (χ0) is 14.0. The van der Waals surface area contributed by atoms with Crippen molar-refractivity contribution in [3.63, 3.8) is 0 Å². The van der Waals surface area contributed by atoms with E-state index in [0.717, 1.165) is 18.3 Å². The number of ether oxygens (including phenoxy) is 1. The van der Waals surface area contributed by atoms with Gasteiger partial charge in [0.1, 0.15) is 6.10 Å². The van der Waals surface area contributed by atoms with Crippen LogP contribution in [0, 0.1) is 34.5 Å². The van der Waals surface area contributed by atoms with Gasteiger partial charge in [0.15, 0.2) is 0 Å². The molecule has 19 heavy (non-hydrogen) atoms. The molecule has 0 aromatic heterocycles. The van der Waals surface area contributed by atoms with E-state index in [1.54, 1.807) is 6.92 Å². The summed E-state index contributed by atoms with van der Waals surface area (Å²) in [4.78, 5) is 11.4. The third kappa shape index (κ3) is 1.64. The smallest absolute Gasteiger partial charge is 0.302 e. The van der Waals surface area contributed by atoms with E-state index in [1.807, 2.05) is 0 Å². The zero-order valence-corrected chi connectivity index (χ0v) is 13.0. The van der Waals surface area contributed by atoms with Crippen molar-refractivity contribution in [2.24, 2.45) is 34.5 Å². The summed E-state index contributed by atoms with van der Waals surface area (Å²) in [5, 5.41) is 0. The van der Waals surface area contributed by atoms with E-state index >= 15 is 0 Å². The predicted octanol–water partition coefficient (Wildman–Crippen LogP) is 4.04. The molecule has 6 atom stereocenters. The molecule has 0 heterocycles. The highest BCUT2D eigenvalue weighted by Crippen LogP contribution is 2.72. The maximum atomic E-state index is 11.4. The van der Waals surface area contributed by atoms with Crippen LogP contribution in [0.5, 0.6) is 0 Å². The van der Waals surface area contributed by atoms with E-state index in [0.29, 0.717) is 22.7 Å². The summed E-state index contributed by atoms with van der Waals surface area (Å²) in [6, 6.07) is 0. The number of hydrogen-bond acceptors (Lipinski definition) is 2. The lowest BCUT2D eigenvalue weighted by atomic mass is 9.66. The van der Waals surface area contributed by atoms with Crippen LogP contribution in [0.3, 0.4) is 0 Å². The van der Waals surface area contributed by atoms with Crippen LogP contribution >= 0.6 is 0 Å². The van der Waals surface area contributed by atoms with Crippen LogP contribution < -0.4 is 0 Å². The van der Waals surface area contributed by atoms with Crippen LogP contribution in [0.25, 0.3) is 0 Å². The van der Waals surface area contributed by atoms with E-state index in [2.05, 4.69) is 27.7 Å². The fraction of sp³-hybridized carbons (Fsp3) is 0.941. The third-order valence-corrected chi connectivity index (χ3v) is 6.99. The topological polar surface area (TPSA) is 26.3 Å². The molecule has 3 fully saturated rings. The molecule has 0 amide bonds. The fourth-order valence-electron chi connectivity index (χ4n) is 6.31. The van der Waals surface area contributed by atoms with Gasteiger partial charge in [-0.1, -0.05) is 27.7 Å². The van der Waals surface area contributed by atoms with Gasteiger partial charge in [-0.2, -0.15) is 0 Å². The number of carbonyl (C=O) groups is 1. The van der Waals surface area contributed by atoms with E-state index in [4.69, 9.17) is 4.74 Å². The van der Waals surface area contributed by atoms with Gasteiger partial charge in [0.05, 0.1) is 0 Å². The van der Waals surface area contributed by atoms with Crippen molar-refractivity contribution in [2.75, 3.05) is 0 Å². The van der Waals surface area contributed by atoms with Crippen molar-refractivity contribution in [1.29, 1.82) is 0 Å². The van der Waals surface area contributed by atoms with Crippen molar-refractivity contribution in [3.8, 4) is 0 Å². The van der Waals surface area contributed by atoms with Crippen molar-refractivity contribution >= 4 is 5.97 Å². The molecule has 3 aliphatic carbocycles. The fourth-order valence-corrected chi connectivity index (χ4v) is 6.31. The molecule has 2 bridgehead atoms. The van der Waals surface area contributed by atoms with Crippen LogP contribution in [0.2, 0.25) is 0 Å². The van der Waals surface area contributed by atoms with Crippen LogP contribution in [0.15, 0.2) is 0 Å². The molecule has 0 aromatic rings. The van der Waals surface area contributed by atoms with Gasteiger partial charge < -0.3 is 4.74 Å². The lowest BCUT2D eigenvalue weighted by molar-refractivity contribution is -0.151. The first-order valence-electron chi connectivity index (χ1n) is 7.96. The lowest BCUT2D eigenvalue weighted by Gasteiger charge is -2.39. The monoisotopic (exact) mass is 264 g/mol. The van der Waals surface area contributed by atoms with Crippen molar-refractivity contribution in [2.45, 2.75) is 66.4 Å². The Kier molecular flexibility index (Phi) is 2.82. The zero-order valence-electron chi connectivity index (χ0n) is 13.0. The number of fused-ring (bicyclic) bond motifs is 1. The highest BCUT2D eigenvalue weighted by Gasteiger charge is 2.68. The summed E-state index contributed by atoms with van der Waals surface area (Å²) >= 11 is 0. The first-order valence-corrected chi connectivity index (χ1v) is 7.96. The van der Waals surface area contributed by atoms with Crippen LogP contribution in [-0.2, 0) is 9.53 Å².